The van der Waals surface area contributed by atoms with Crippen LogP contribution in [-0.2, 0) is 6.42 Å². The van der Waals surface area contributed by atoms with E-state index in [9.17, 15) is 14.7 Å². The highest BCUT2D eigenvalue weighted by Crippen LogP contribution is 2.32. The first-order chi connectivity index (χ1) is 16.9. The lowest BCUT2D eigenvalue weighted by atomic mass is 9.98. The SMILES string of the molecule is Cc1cc(C(C)Nc2ccccc2C(=O)O)c2oc(-c3ccc4c(c3)CCCC=C4)cc(=O)c2c1. The maximum atomic E-state index is 13.2. The molecule has 1 aliphatic carbocycles. The van der Waals surface area contributed by atoms with Crippen LogP contribution in [-0.4, -0.2) is 11.1 Å². The van der Waals surface area contributed by atoms with E-state index in [2.05, 4.69) is 29.6 Å². The molecule has 35 heavy (non-hydrogen) atoms. The van der Waals surface area contributed by atoms with Crippen molar-refractivity contribution in [3.63, 3.8) is 0 Å². The van der Waals surface area contributed by atoms with Gasteiger partial charge in [0.25, 0.3) is 0 Å². The molecule has 5 rings (SSSR count). The summed E-state index contributed by atoms with van der Waals surface area (Å²) in [6, 6.07) is 18.1. The molecule has 0 saturated heterocycles. The third kappa shape index (κ3) is 4.50. The van der Waals surface area contributed by atoms with E-state index in [0.29, 0.717) is 22.4 Å². The maximum absolute atomic E-state index is 13.2. The number of carboxylic acid groups (broad SMARTS) is 1. The molecule has 1 aromatic heterocycles. The molecule has 2 N–H and O–H groups in total. The fourth-order valence-corrected chi connectivity index (χ4v) is 4.76. The fraction of sp³-hybridized carbons (Fsp3) is 0.200. The number of benzene rings is 3. The second kappa shape index (κ2) is 9.26. The Balaban J connectivity index is 1.61. The van der Waals surface area contributed by atoms with Crippen LogP contribution in [0.3, 0.4) is 0 Å². The number of hydrogen-bond donors (Lipinski definition) is 2. The second-order valence-electron chi connectivity index (χ2n) is 9.13. The molecule has 1 atom stereocenters. The Morgan fingerprint density at radius 3 is 2.74 bits per heavy atom. The normalized spacial score (nSPS) is 13.8. The maximum Gasteiger partial charge on any atom is 0.337 e. The number of allylic oxidation sites excluding steroid dienone is 1. The number of fused-ring (bicyclic) bond motifs is 2. The number of carboxylic acids is 1. The first-order valence-corrected chi connectivity index (χ1v) is 11.9. The highest BCUT2D eigenvalue weighted by Gasteiger charge is 2.19. The van der Waals surface area contributed by atoms with Gasteiger partial charge >= 0.3 is 5.97 Å². The van der Waals surface area contributed by atoms with E-state index in [1.54, 1.807) is 30.3 Å². The van der Waals surface area contributed by atoms with Crippen molar-refractivity contribution < 1.29 is 14.3 Å². The molecular weight excluding hydrogens is 438 g/mol. The van der Waals surface area contributed by atoms with Gasteiger partial charge in [-0.1, -0.05) is 42.5 Å². The molecule has 4 aromatic rings. The van der Waals surface area contributed by atoms with E-state index in [1.165, 1.54) is 11.1 Å². The van der Waals surface area contributed by atoms with Crippen LogP contribution in [0.5, 0.6) is 0 Å². The van der Waals surface area contributed by atoms with Crippen LogP contribution in [0.1, 0.15) is 58.4 Å². The minimum Gasteiger partial charge on any atom is -0.478 e. The number of carbonyl (C=O) groups is 1. The number of aromatic carboxylic acids is 1. The van der Waals surface area contributed by atoms with Gasteiger partial charge in [0.15, 0.2) is 5.43 Å². The summed E-state index contributed by atoms with van der Waals surface area (Å²) < 4.78 is 6.40. The molecule has 0 bridgehead atoms. The molecule has 0 aliphatic heterocycles. The van der Waals surface area contributed by atoms with Crippen molar-refractivity contribution in [2.24, 2.45) is 0 Å². The first kappa shape index (κ1) is 22.7. The van der Waals surface area contributed by atoms with Gasteiger partial charge in [0.1, 0.15) is 11.3 Å². The highest BCUT2D eigenvalue weighted by molar-refractivity contribution is 5.94. The molecule has 0 amide bonds. The predicted octanol–water partition coefficient (Wildman–Crippen LogP) is 6.99. The monoisotopic (exact) mass is 465 g/mol. The van der Waals surface area contributed by atoms with Crippen molar-refractivity contribution in [3.05, 3.63) is 105 Å². The van der Waals surface area contributed by atoms with E-state index >= 15 is 0 Å². The molecule has 5 heteroatoms. The third-order valence-corrected chi connectivity index (χ3v) is 6.54. The van der Waals surface area contributed by atoms with Crippen molar-refractivity contribution in [2.45, 2.75) is 39.2 Å². The van der Waals surface area contributed by atoms with Gasteiger partial charge in [0.05, 0.1) is 17.0 Å². The van der Waals surface area contributed by atoms with Gasteiger partial charge in [-0.2, -0.15) is 0 Å². The summed E-state index contributed by atoms with van der Waals surface area (Å²) in [6.07, 6.45) is 7.51. The number of rotatable bonds is 5. The van der Waals surface area contributed by atoms with Gasteiger partial charge in [-0.25, -0.2) is 4.79 Å². The zero-order chi connectivity index (χ0) is 24.5. The Hall–Kier alpha value is -4.12. The van der Waals surface area contributed by atoms with Crippen LogP contribution >= 0.6 is 0 Å². The van der Waals surface area contributed by atoms with Gasteiger partial charge in [-0.15, -0.1) is 0 Å². The summed E-state index contributed by atoms with van der Waals surface area (Å²) in [5, 5.41) is 13.4. The molecule has 1 heterocycles. The molecule has 0 radical (unpaired) electrons. The fourth-order valence-electron chi connectivity index (χ4n) is 4.76. The van der Waals surface area contributed by atoms with E-state index in [4.69, 9.17) is 4.42 Å². The van der Waals surface area contributed by atoms with Crippen LogP contribution in [0.25, 0.3) is 28.4 Å². The van der Waals surface area contributed by atoms with E-state index in [1.807, 2.05) is 32.0 Å². The summed E-state index contributed by atoms with van der Waals surface area (Å²) >= 11 is 0. The summed E-state index contributed by atoms with van der Waals surface area (Å²) in [4.78, 5) is 24.8. The lowest BCUT2D eigenvalue weighted by Gasteiger charge is -2.19. The number of nitrogens with one attached hydrogen (secondary N) is 1. The lowest BCUT2D eigenvalue weighted by Crippen LogP contribution is -2.12. The molecule has 0 fully saturated rings. The summed E-state index contributed by atoms with van der Waals surface area (Å²) in [6.45, 7) is 3.88. The van der Waals surface area contributed by atoms with E-state index < -0.39 is 5.97 Å². The average Bonchev–Trinajstić information content (AvgIpc) is 3.09. The largest absolute Gasteiger partial charge is 0.478 e. The Bertz CT molecular complexity index is 1530. The molecule has 1 aliphatic rings. The summed E-state index contributed by atoms with van der Waals surface area (Å²) in [5.74, 6) is -0.469. The summed E-state index contributed by atoms with van der Waals surface area (Å²) in [5.41, 5.74) is 6.20. The Morgan fingerprint density at radius 1 is 1.09 bits per heavy atom. The van der Waals surface area contributed by atoms with E-state index in [0.717, 1.165) is 36.0 Å². The van der Waals surface area contributed by atoms with Gasteiger partial charge in [-0.05, 0) is 74.1 Å². The van der Waals surface area contributed by atoms with Crippen molar-refractivity contribution in [1.29, 1.82) is 0 Å². The van der Waals surface area contributed by atoms with Crippen molar-refractivity contribution in [2.75, 3.05) is 5.32 Å². The zero-order valence-electron chi connectivity index (χ0n) is 19.8. The molecule has 176 valence electrons. The van der Waals surface area contributed by atoms with Crippen LogP contribution < -0.4 is 10.7 Å². The standard InChI is InChI=1S/C30H27NO4/c1-18-14-24(19(2)31-26-11-7-6-10-23(26)30(33)34)29-25(15-18)27(32)17-28(35-29)22-13-12-20-8-4-3-5-9-21(20)16-22/h4,6-8,10-17,19,31H,3,5,9H2,1-2H3,(H,33,34). The van der Waals surface area contributed by atoms with Gasteiger partial charge in [0.2, 0.25) is 0 Å². The molecule has 0 saturated carbocycles. The summed E-state index contributed by atoms with van der Waals surface area (Å²) in [7, 11) is 0. The number of hydrogen-bond acceptors (Lipinski definition) is 4. The van der Waals surface area contributed by atoms with Crippen molar-refractivity contribution >= 4 is 28.7 Å². The van der Waals surface area contributed by atoms with Gasteiger partial charge in [-0.3, -0.25) is 4.79 Å². The molecule has 3 aromatic carbocycles. The average molecular weight is 466 g/mol. The minimum atomic E-state index is -0.999. The predicted molar refractivity (Wildman–Crippen MR) is 140 cm³/mol. The quantitative estimate of drug-likeness (QED) is 0.332. The van der Waals surface area contributed by atoms with Gasteiger partial charge < -0.3 is 14.8 Å². The zero-order valence-corrected chi connectivity index (χ0v) is 19.8. The smallest absolute Gasteiger partial charge is 0.337 e. The number of aryl methyl sites for hydroxylation is 2. The Morgan fingerprint density at radius 2 is 1.91 bits per heavy atom. The third-order valence-electron chi connectivity index (χ3n) is 6.54. The molecular formula is C30H27NO4. The Kier molecular flexibility index (Phi) is 6.00. The first-order valence-electron chi connectivity index (χ1n) is 11.9. The van der Waals surface area contributed by atoms with Crippen molar-refractivity contribution in [3.8, 4) is 11.3 Å². The van der Waals surface area contributed by atoms with Gasteiger partial charge in [0, 0.05) is 22.9 Å². The van der Waals surface area contributed by atoms with E-state index in [-0.39, 0.29) is 17.0 Å². The lowest BCUT2D eigenvalue weighted by molar-refractivity contribution is 0.0698. The van der Waals surface area contributed by atoms with Crippen molar-refractivity contribution in [1.82, 2.24) is 0 Å². The van der Waals surface area contributed by atoms with Crippen LogP contribution in [0.4, 0.5) is 5.69 Å². The topological polar surface area (TPSA) is 79.5 Å². The Labute approximate surface area is 203 Å². The molecule has 0 spiro atoms. The molecule has 1 unspecified atom stereocenters. The van der Waals surface area contributed by atoms with Crippen LogP contribution in [0, 0.1) is 6.92 Å². The molecule has 5 nitrogen and oxygen atoms in total. The number of anilines is 1. The minimum absolute atomic E-state index is 0.0980. The van der Waals surface area contributed by atoms with Crippen LogP contribution in [0.2, 0.25) is 0 Å². The highest BCUT2D eigenvalue weighted by atomic mass is 16.4. The number of para-hydroxylation sites is 1. The van der Waals surface area contributed by atoms with Crippen LogP contribution in [0.15, 0.2) is 76.0 Å². The second-order valence-corrected chi connectivity index (χ2v) is 9.13.